The van der Waals surface area contributed by atoms with Crippen LogP contribution < -0.4 is 11.1 Å². The van der Waals surface area contributed by atoms with Crippen LogP contribution in [0.15, 0.2) is 16.6 Å². The van der Waals surface area contributed by atoms with E-state index in [1.165, 1.54) is 18.0 Å². The van der Waals surface area contributed by atoms with Crippen LogP contribution in [0.5, 0.6) is 0 Å². The number of nitrogens with one attached hydrogen (secondary N) is 1. The average Bonchev–Trinajstić information content (AvgIpc) is 2.31. The average molecular weight is 346 g/mol. The van der Waals surface area contributed by atoms with Gasteiger partial charge in [0.15, 0.2) is 0 Å². The van der Waals surface area contributed by atoms with Crippen LogP contribution in [-0.2, 0) is 4.79 Å². The van der Waals surface area contributed by atoms with Crippen LogP contribution >= 0.6 is 15.9 Å². The molecule has 7 heteroatoms. The molecule has 0 unspecified atom stereocenters. The lowest BCUT2D eigenvalue weighted by Crippen LogP contribution is -2.41. The van der Waals surface area contributed by atoms with Crippen LogP contribution in [0.1, 0.15) is 24.2 Å². The van der Waals surface area contributed by atoms with Gasteiger partial charge in [0.1, 0.15) is 5.82 Å². The fourth-order valence-electron chi connectivity index (χ4n) is 1.59. The fraction of sp³-hybridized carbons (Fsp3) is 0.385. The molecule has 2 amide bonds. The van der Waals surface area contributed by atoms with Crippen LogP contribution in [0, 0.1) is 5.82 Å². The summed E-state index contributed by atoms with van der Waals surface area (Å²) in [6.07, 6.45) is 0. The van der Waals surface area contributed by atoms with E-state index in [2.05, 4.69) is 21.2 Å². The molecule has 5 nitrogen and oxygen atoms in total. The summed E-state index contributed by atoms with van der Waals surface area (Å²) in [5, 5.41) is 2.69. The Labute approximate surface area is 125 Å². The summed E-state index contributed by atoms with van der Waals surface area (Å²) in [5.41, 5.74) is 5.55. The van der Waals surface area contributed by atoms with E-state index in [0.717, 1.165) is 6.07 Å². The zero-order valence-corrected chi connectivity index (χ0v) is 13.1. The van der Waals surface area contributed by atoms with Crippen LogP contribution in [-0.4, -0.2) is 36.3 Å². The first-order valence-corrected chi connectivity index (χ1v) is 6.81. The Morgan fingerprint density at radius 3 is 2.60 bits per heavy atom. The normalized spacial score (nSPS) is 10.5. The van der Waals surface area contributed by atoms with Gasteiger partial charge in [-0.3, -0.25) is 9.59 Å². The zero-order valence-electron chi connectivity index (χ0n) is 11.5. The van der Waals surface area contributed by atoms with Gasteiger partial charge in [0.05, 0.1) is 17.8 Å². The largest absolute Gasteiger partial charge is 0.396 e. The van der Waals surface area contributed by atoms with Crippen molar-refractivity contribution in [3.8, 4) is 0 Å². The summed E-state index contributed by atoms with van der Waals surface area (Å²) in [7, 11) is 1.49. The molecule has 0 aliphatic rings. The molecule has 0 saturated heterocycles. The molecule has 0 atom stereocenters. The number of carbonyl (C=O) groups is 2. The highest BCUT2D eigenvalue weighted by Crippen LogP contribution is 2.23. The molecular weight excluding hydrogens is 329 g/mol. The van der Waals surface area contributed by atoms with Crippen molar-refractivity contribution in [2.75, 3.05) is 19.3 Å². The molecule has 110 valence electrons. The third-order valence-corrected chi connectivity index (χ3v) is 3.15. The monoisotopic (exact) mass is 345 g/mol. The quantitative estimate of drug-likeness (QED) is 0.816. The molecule has 0 spiro atoms. The van der Waals surface area contributed by atoms with E-state index in [-0.39, 0.29) is 29.7 Å². The highest BCUT2D eigenvalue weighted by molar-refractivity contribution is 9.10. The number of nitrogens with two attached hydrogens (primary N) is 1. The summed E-state index contributed by atoms with van der Waals surface area (Å²) in [6.45, 7) is 3.58. The number of carbonyl (C=O) groups excluding carboxylic acids is 2. The van der Waals surface area contributed by atoms with Crippen molar-refractivity contribution in [3.63, 3.8) is 0 Å². The van der Waals surface area contributed by atoms with Crippen molar-refractivity contribution in [1.29, 1.82) is 0 Å². The van der Waals surface area contributed by atoms with E-state index in [0.29, 0.717) is 4.47 Å². The molecule has 0 bridgehead atoms. The van der Waals surface area contributed by atoms with Gasteiger partial charge in [-0.15, -0.1) is 0 Å². The Morgan fingerprint density at radius 1 is 1.45 bits per heavy atom. The van der Waals surface area contributed by atoms with E-state index in [9.17, 15) is 14.0 Å². The van der Waals surface area contributed by atoms with E-state index in [1.807, 2.05) is 13.8 Å². The maximum Gasteiger partial charge on any atom is 0.255 e. The highest BCUT2D eigenvalue weighted by Gasteiger charge is 2.19. The second-order valence-corrected chi connectivity index (χ2v) is 5.59. The predicted molar refractivity (Wildman–Crippen MR) is 78.8 cm³/mol. The van der Waals surface area contributed by atoms with Crippen molar-refractivity contribution < 1.29 is 14.0 Å². The SMILES string of the molecule is CC(C)NC(=O)CN(C)C(=O)c1cc(N)c(F)cc1Br. The minimum atomic E-state index is -0.603. The molecule has 3 N–H and O–H groups in total. The molecule has 0 aliphatic carbocycles. The maximum absolute atomic E-state index is 13.2. The lowest BCUT2D eigenvalue weighted by Gasteiger charge is -2.19. The van der Waals surface area contributed by atoms with Gasteiger partial charge in [0, 0.05) is 17.6 Å². The Bertz CT molecular complexity index is 535. The molecular formula is C13H17BrFN3O2. The predicted octanol–water partition coefficient (Wildman–Crippen LogP) is 1.77. The molecule has 0 radical (unpaired) electrons. The lowest BCUT2D eigenvalue weighted by atomic mass is 10.1. The number of halogens is 2. The molecule has 0 aliphatic heterocycles. The zero-order chi connectivity index (χ0) is 15.4. The van der Waals surface area contributed by atoms with Crippen LogP contribution in [0.4, 0.5) is 10.1 Å². The maximum atomic E-state index is 13.2. The van der Waals surface area contributed by atoms with Crippen molar-refractivity contribution in [1.82, 2.24) is 10.2 Å². The summed E-state index contributed by atoms with van der Waals surface area (Å²) in [6, 6.07) is 2.38. The van der Waals surface area contributed by atoms with E-state index >= 15 is 0 Å². The standard InChI is InChI=1S/C13H17BrFN3O2/c1-7(2)17-12(19)6-18(3)13(20)8-4-11(16)10(15)5-9(8)14/h4-5,7H,6,16H2,1-3H3,(H,17,19). The van der Waals surface area contributed by atoms with Gasteiger partial charge >= 0.3 is 0 Å². The third-order valence-electron chi connectivity index (χ3n) is 2.49. The van der Waals surface area contributed by atoms with Crippen molar-refractivity contribution in [2.45, 2.75) is 19.9 Å². The second kappa shape index (κ2) is 6.69. The first-order valence-electron chi connectivity index (χ1n) is 6.01. The number of rotatable bonds is 4. The van der Waals surface area contributed by atoms with Gasteiger partial charge < -0.3 is 16.0 Å². The summed E-state index contributed by atoms with van der Waals surface area (Å²) in [5.74, 6) is -1.28. The third kappa shape index (κ3) is 4.19. The molecule has 0 heterocycles. The number of nitrogens with zero attached hydrogens (tertiary/aromatic N) is 1. The summed E-state index contributed by atoms with van der Waals surface area (Å²) in [4.78, 5) is 25.0. The lowest BCUT2D eigenvalue weighted by molar-refractivity contribution is -0.122. The van der Waals surface area contributed by atoms with Crippen LogP contribution in [0.3, 0.4) is 0 Å². The summed E-state index contributed by atoms with van der Waals surface area (Å²) < 4.78 is 13.5. The number of nitrogen functional groups attached to an aromatic ring is 1. The van der Waals surface area contributed by atoms with Crippen LogP contribution in [0.2, 0.25) is 0 Å². The number of benzene rings is 1. The minimum Gasteiger partial charge on any atom is -0.396 e. The van der Waals surface area contributed by atoms with Gasteiger partial charge in [-0.1, -0.05) is 0 Å². The summed E-state index contributed by atoms with van der Waals surface area (Å²) >= 11 is 3.11. The highest BCUT2D eigenvalue weighted by atomic mass is 79.9. The van der Waals surface area contributed by atoms with E-state index in [1.54, 1.807) is 0 Å². The number of likely N-dealkylation sites (N-methyl/N-ethyl adjacent to an activating group) is 1. The second-order valence-electron chi connectivity index (χ2n) is 4.74. The fourth-order valence-corrected chi connectivity index (χ4v) is 2.08. The van der Waals surface area contributed by atoms with Gasteiger partial charge in [0.25, 0.3) is 5.91 Å². The Kier molecular flexibility index (Phi) is 5.50. The van der Waals surface area contributed by atoms with E-state index < -0.39 is 11.7 Å². The van der Waals surface area contributed by atoms with Crippen molar-refractivity contribution in [2.24, 2.45) is 0 Å². The van der Waals surface area contributed by atoms with Gasteiger partial charge in [-0.25, -0.2) is 4.39 Å². The molecule has 1 aromatic carbocycles. The van der Waals surface area contributed by atoms with Crippen LogP contribution in [0.25, 0.3) is 0 Å². The Hall–Kier alpha value is -1.63. The first-order chi connectivity index (χ1) is 9.22. The van der Waals surface area contributed by atoms with Crippen molar-refractivity contribution >= 4 is 33.4 Å². The van der Waals surface area contributed by atoms with E-state index in [4.69, 9.17) is 5.73 Å². The molecule has 1 rings (SSSR count). The minimum absolute atomic E-state index is 0.000737. The Balaban J connectivity index is 2.84. The number of hydrogen-bond acceptors (Lipinski definition) is 3. The Morgan fingerprint density at radius 2 is 2.05 bits per heavy atom. The van der Waals surface area contributed by atoms with Gasteiger partial charge in [0.2, 0.25) is 5.91 Å². The topological polar surface area (TPSA) is 75.4 Å². The molecule has 0 saturated carbocycles. The molecule has 20 heavy (non-hydrogen) atoms. The molecule has 0 fully saturated rings. The number of hydrogen-bond donors (Lipinski definition) is 2. The molecule has 0 aromatic heterocycles. The number of amides is 2. The first kappa shape index (κ1) is 16.4. The van der Waals surface area contributed by atoms with Gasteiger partial charge in [-0.05, 0) is 41.9 Å². The van der Waals surface area contributed by atoms with Crippen molar-refractivity contribution in [3.05, 3.63) is 28.0 Å². The molecule has 1 aromatic rings. The number of anilines is 1. The smallest absolute Gasteiger partial charge is 0.255 e. The van der Waals surface area contributed by atoms with Gasteiger partial charge in [-0.2, -0.15) is 0 Å².